The fourth-order valence-corrected chi connectivity index (χ4v) is 4.05. The number of pyridine rings is 1. The number of hydrogen-bond donors (Lipinski definition) is 1. The molecule has 3 aromatic rings. The highest BCUT2D eigenvalue weighted by molar-refractivity contribution is 6.35. The first-order chi connectivity index (χ1) is 13.9. The van der Waals surface area contributed by atoms with Gasteiger partial charge in [0, 0.05) is 60.9 Å². The van der Waals surface area contributed by atoms with Crippen LogP contribution >= 0.6 is 23.2 Å². The van der Waals surface area contributed by atoms with Crippen molar-refractivity contribution in [3.8, 4) is 0 Å². The lowest BCUT2D eigenvalue weighted by molar-refractivity contribution is -0.137. The molecule has 0 aliphatic rings. The molecule has 0 amide bonds. The first-order valence-electron chi connectivity index (χ1n) is 9.16. The molecule has 0 spiro atoms. The number of aliphatic carboxylic acids is 1. The molecule has 2 aromatic heterocycles. The molecule has 0 saturated carbocycles. The van der Waals surface area contributed by atoms with Gasteiger partial charge in [0.2, 0.25) is 0 Å². The number of hydrogen-bond acceptors (Lipinski definition) is 2. The fraction of sp³-hybridized carbons (Fsp3) is 0.333. The van der Waals surface area contributed by atoms with Crippen LogP contribution in [0.25, 0.3) is 10.9 Å². The number of alkyl halides is 2. The summed E-state index contributed by atoms with van der Waals surface area (Å²) in [6.45, 7) is 2.58. The second-order valence-corrected chi connectivity index (χ2v) is 8.18. The third-order valence-electron chi connectivity index (χ3n) is 5.17. The lowest BCUT2D eigenvalue weighted by Crippen LogP contribution is -2.23. The molecule has 1 aromatic carbocycles. The number of aryl methyl sites for hydroxylation is 3. The third-order valence-corrected chi connectivity index (χ3v) is 5.89. The van der Waals surface area contributed by atoms with Crippen molar-refractivity contribution in [1.82, 2.24) is 9.13 Å². The topological polar surface area (TPSA) is 64.2 Å². The van der Waals surface area contributed by atoms with E-state index in [1.54, 1.807) is 18.5 Å². The second kappa shape index (κ2) is 8.04. The van der Waals surface area contributed by atoms with Gasteiger partial charge < -0.3 is 14.2 Å². The van der Waals surface area contributed by atoms with E-state index in [9.17, 15) is 18.4 Å². The summed E-state index contributed by atoms with van der Waals surface area (Å²) in [6.07, 6.45) is 1.35. The Morgan fingerprint density at radius 1 is 1.23 bits per heavy atom. The number of halogens is 4. The molecule has 0 unspecified atom stereocenters. The van der Waals surface area contributed by atoms with Crippen LogP contribution < -0.4 is 5.56 Å². The molecular formula is C21H20Cl2F2N2O3. The van der Waals surface area contributed by atoms with Crippen molar-refractivity contribution in [2.24, 2.45) is 7.05 Å². The lowest BCUT2D eigenvalue weighted by Gasteiger charge is -2.13. The van der Waals surface area contributed by atoms with Crippen molar-refractivity contribution < 1.29 is 18.7 Å². The first-order valence-corrected chi connectivity index (χ1v) is 9.92. The molecule has 2 heterocycles. The highest BCUT2D eigenvalue weighted by atomic mass is 35.5. The van der Waals surface area contributed by atoms with Crippen LogP contribution in [-0.2, 0) is 30.7 Å². The standard InChI is InChI=1S/C21H20Cl2F2N2O3/c1-11-6-12(21(2,24)25)7-17-14(11)8-13(26(17)3)9-15-16(22)10-27(5-4-18(28)29)20(30)19(15)23/h6-8,10H,4-5,9H2,1-3H3,(H,28,29). The smallest absolute Gasteiger partial charge is 0.305 e. The summed E-state index contributed by atoms with van der Waals surface area (Å²) in [7, 11) is 1.75. The molecular weight excluding hydrogens is 437 g/mol. The first kappa shape index (κ1) is 22.3. The zero-order valence-corrected chi connectivity index (χ0v) is 18.1. The van der Waals surface area contributed by atoms with Crippen LogP contribution in [0.2, 0.25) is 10.0 Å². The van der Waals surface area contributed by atoms with Crippen LogP contribution in [0.5, 0.6) is 0 Å². The van der Waals surface area contributed by atoms with Crippen LogP contribution in [0.1, 0.15) is 35.7 Å². The number of carbonyl (C=O) groups is 1. The van der Waals surface area contributed by atoms with E-state index in [-0.39, 0.29) is 35.0 Å². The molecule has 0 radical (unpaired) electrons. The number of carboxylic acid groups (broad SMARTS) is 1. The predicted molar refractivity (Wildman–Crippen MR) is 113 cm³/mol. The number of carboxylic acids is 1. The molecule has 0 aliphatic carbocycles. The number of aromatic nitrogens is 2. The van der Waals surface area contributed by atoms with E-state index in [1.165, 1.54) is 22.9 Å². The second-order valence-electron chi connectivity index (χ2n) is 7.40. The highest BCUT2D eigenvalue weighted by Gasteiger charge is 2.26. The van der Waals surface area contributed by atoms with Crippen molar-refractivity contribution >= 4 is 40.1 Å². The Kier molecular flexibility index (Phi) is 5.98. The Morgan fingerprint density at radius 2 is 1.90 bits per heavy atom. The summed E-state index contributed by atoms with van der Waals surface area (Å²) in [5.41, 5.74) is 1.91. The molecule has 0 aliphatic heterocycles. The van der Waals surface area contributed by atoms with Gasteiger partial charge in [-0.3, -0.25) is 9.59 Å². The highest BCUT2D eigenvalue weighted by Crippen LogP contribution is 2.34. The summed E-state index contributed by atoms with van der Waals surface area (Å²) in [5, 5.41) is 9.78. The van der Waals surface area contributed by atoms with Gasteiger partial charge in [0.1, 0.15) is 5.02 Å². The lowest BCUT2D eigenvalue weighted by atomic mass is 10.0. The van der Waals surface area contributed by atoms with Crippen molar-refractivity contribution in [3.05, 3.63) is 67.2 Å². The van der Waals surface area contributed by atoms with Gasteiger partial charge >= 0.3 is 5.97 Å². The summed E-state index contributed by atoms with van der Waals surface area (Å²) >= 11 is 12.6. The molecule has 0 fully saturated rings. The normalized spacial score (nSPS) is 12.0. The number of rotatable bonds is 6. The van der Waals surface area contributed by atoms with E-state index in [0.717, 1.165) is 18.0 Å². The van der Waals surface area contributed by atoms with Crippen molar-refractivity contribution in [2.75, 3.05) is 0 Å². The number of nitrogens with zero attached hydrogens (tertiary/aromatic N) is 2. The minimum Gasteiger partial charge on any atom is -0.481 e. The van der Waals surface area contributed by atoms with Crippen molar-refractivity contribution in [2.45, 2.75) is 39.2 Å². The largest absolute Gasteiger partial charge is 0.481 e. The van der Waals surface area contributed by atoms with Gasteiger partial charge in [-0.15, -0.1) is 0 Å². The van der Waals surface area contributed by atoms with E-state index >= 15 is 0 Å². The third kappa shape index (κ3) is 4.23. The number of fused-ring (bicyclic) bond motifs is 1. The van der Waals surface area contributed by atoms with E-state index in [1.807, 2.05) is 6.07 Å². The summed E-state index contributed by atoms with van der Waals surface area (Å²) in [4.78, 5) is 23.3. The average molecular weight is 457 g/mol. The molecule has 160 valence electrons. The summed E-state index contributed by atoms with van der Waals surface area (Å²) < 4.78 is 30.6. The fourth-order valence-electron chi connectivity index (χ4n) is 3.44. The minimum atomic E-state index is -2.96. The van der Waals surface area contributed by atoms with Crippen LogP contribution in [0, 0.1) is 6.92 Å². The molecule has 5 nitrogen and oxygen atoms in total. The van der Waals surface area contributed by atoms with E-state index in [0.29, 0.717) is 16.6 Å². The molecule has 0 bridgehead atoms. The van der Waals surface area contributed by atoms with Gasteiger partial charge in [0.15, 0.2) is 0 Å². The van der Waals surface area contributed by atoms with Crippen molar-refractivity contribution in [1.29, 1.82) is 0 Å². The van der Waals surface area contributed by atoms with Gasteiger partial charge in [-0.1, -0.05) is 23.2 Å². The van der Waals surface area contributed by atoms with Gasteiger partial charge in [-0.05, 0) is 30.7 Å². The molecule has 1 N–H and O–H groups in total. The number of benzene rings is 1. The van der Waals surface area contributed by atoms with E-state index < -0.39 is 17.5 Å². The minimum absolute atomic E-state index is 0.0465. The van der Waals surface area contributed by atoms with E-state index in [2.05, 4.69) is 0 Å². The van der Waals surface area contributed by atoms with Crippen LogP contribution in [0.15, 0.2) is 29.2 Å². The monoisotopic (exact) mass is 456 g/mol. The molecule has 0 saturated heterocycles. The zero-order chi connectivity index (χ0) is 22.4. The average Bonchev–Trinajstić information content (AvgIpc) is 2.96. The Labute approximate surface area is 181 Å². The Balaban J connectivity index is 2.05. The van der Waals surface area contributed by atoms with Crippen LogP contribution in [-0.4, -0.2) is 20.2 Å². The quantitative estimate of drug-likeness (QED) is 0.558. The van der Waals surface area contributed by atoms with Crippen molar-refractivity contribution in [3.63, 3.8) is 0 Å². The Hall–Kier alpha value is -2.38. The maximum atomic E-state index is 13.8. The summed E-state index contributed by atoms with van der Waals surface area (Å²) in [5.74, 6) is -4.00. The molecule has 30 heavy (non-hydrogen) atoms. The Morgan fingerprint density at radius 3 is 2.50 bits per heavy atom. The molecule has 0 atom stereocenters. The van der Waals surface area contributed by atoms with Gasteiger partial charge in [-0.25, -0.2) is 8.78 Å². The van der Waals surface area contributed by atoms with Gasteiger partial charge in [0.05, 0.1) is 11.4 Å². The molecule has 3 rings (SSSR count). The zero-order valence-electron chi connectivity index (χ0n) is 16.6. The maximum Gasteiger partial charge on any atom is 0.305 e. The van der Waals surface area contributed by atoms with Crippen LogP contribution in [0.3, 0.4) is 0 Å². The van der Waals surface area contributed by atoms with Gasteiger partial charge in [0.25, 0.3) is 11.5 Å². The predicted octanol–water partition coefficient (Wildman–Crippen LogP) is 5.13. The van der Waals surface area contributed by atoms with Crippen LogP contribution in [0.4, 0.5) is 8.78 Å². The Bertz CT molecular complexity index is 1210. The van der Waals surface area contributed by atoms with Gasteiger partial charge in [-0.2, -0.15) is 0 Å². The summed E-state index contributed by atoms with van der Waals surface area (Å²) in [6, 6.07) is 4.79. The maximum absolute atomic E-state index is 13.8. The molecule has 9 heteroatoms. The SMILES string of the molecule is Cc1cc(C(C)(F)F)cc2c1cc(Cc1c(Cl)cn(CCC(=O)O)c(=O)c1Cl)n2C. The van der Waals surface area contributed by atoms with E-state index in [4.69, 9.17) is 28.3 Å².